The van der Waals surface area contributed by atoms with Crippen molar-refractivity contribution in [2.45, 2.75) is 32.9 Å². The van der Waals surface area contributed by atoms with Gasteiger partial charge in [0.1, 0.15) is 11.6 Å². The van der Waals surface area contributed by atoms with Gasteiger partial charge in [0, 0.05) is 5.56 Å². The normalized spacial score (nSPS) is 12.4. The van der Waals surface area contributed by atoms with Crippen LogP contribution in [0.5, 0.6) is 5.75 Å². The molecule has 0 aliphatic carbocycles. The molecule has 0 saturated heterocycles. The van der Waals surface area contributed by atoms with Crippen molar-refractivity contribution in [2.75, 3.05) is 6.54 Å². The highest BCUT2D eigenvalue weighted by Gasteiger charge is 2.17. The summed E-state index contributed by atoms with van der Waals surface area (Å²) in [5.41, 5.74) is 1.65. The van der Waals surface area contributed by atoms with Gasteiger partial charge in [0.05, 0.1) is 12.1 Å². The van der Waals surface area contributed by atoms with E-state index in [0.29, 0.717) is 5.56 Å². The Labute approximate surface area is 126 Å². The standard InChI is InChI=1S/C18H22FNO/c1-4-20-18(16-10-5-6-11-17(16)19)14-8-7-9-15(12-14)21-13(2)3/h5-13,18,20H,4H2,1-3H3. The molecule has 0 bridgehead atoms. The Hall–Kier alpha value is -1.87. The van der Waals surface area contributed by atoms with Gasteiger partial charge in [-0.05, 0) is 44.2 Å². The second-order valence-corrected chi connectivity index (χ2v) is 5.25. The van der Waals surface area contributed by atoms with Crippen LogP contribution in [0.4, 0.5) is 4.39 Å². The van der Waals surface area contributed by atoms with Gasteiger partial charge < -0.3 is 10.1 Å². The molecule has 2 aromatic carbocycles. The van der Waals surface area contributed by atoms with Crippen molar-refractivity contribution in [3.05, 3.63) is 65.5 Å². The molecule has 0 aliphatic rings. The van der Waals surface area contributed by atoms with E-state index in [2.05, 4.69) is 5.32 Å². The molecule has 1 unspecified atom stereocenters. The Morgan fingerprint density at radius 3 is 2.52 bits per heavy atom. The molecule has 1 atom stereocenters. The maximum absolute atomic E-state index is 14.1. The number of ether oxygens (including phenoxy) is 1. The van der Waals surface area contributed by atoms with Gasteiger partial charge in [-0.1, -0.05) is 37.3 Å². The minimum Gasteiger partial charge on any atom is -0.491 e. The van der Waals surface area contributed by atoms with Gasteiger partial charge in [0.25, 0.3) is 0 Å². The van der Waals surface area contributed by atoms with Crippen molar-refractivity contribution >= 4 is 0 Å². The third-order valence-corrected chi connectivity index (χ3v) is 3.19. The molecule has 0 fully saturated rings. The van der Waals surface area contributed by atoms with Gasteiger partial charge >= 0.3 is 0 Å². The summed E-state index contributed by atoms with van der Waals surface area (Å²) in [5.74, 6) is 0.611. The molecular weight excluding hydrogens is 265 g/mol. The zero-order valence-corrected chi connectivity index (χ0v) is 12.8. The van der Waals surface area contributed by atoms with Crippen molar-refractivity contribution in [1.29, 1.82) is 0 Å². The summed E-state index contributed by atoms with van der Waals surface area (Å²) < 4.78 is 19.8. The Morgan fingerprint density at radius 2 is 1.86 bits per heavy atom. The molecule has 0 amide bonds. The zero-order chi connectivity index (χ0) is 15.2. The average Bonchev–Trinajstić information content (AvgIpc) is 2.45. The highest BCUT2D eigenvalue weighted by atomic mass is 19.1. The van der Waals surface area contributed by atoms with Crippen LogP contribution in [-0.2, 0) is 0 Å². The molecule has 2 rings (SSSR count). The molecule has 0 spiro atoms. The highest BCUT2D eigenvalue weighted by molar-refractivity contribution is 5.37. The van der Waals surface area contributed by atoms with Crippen molar-refractivity contribution in [2.24, 2.45) is 0 Å². The molecule has 0 aliphatic heterocycles. The van der Waals surface area contributed by atoms with Gasteiger partial charge in [0.2, 0.25) is 0 Å². The maximum Gasteiger partial charge on any atom is 0.128 e. The number of nitrogens with one attached hydrogen (secondary N) is 1. The number of hydrogen-bond acceptors (Lipinski definition) is 2. The van der Waals surface area contributed by atoms with E-state index in [9.17, 15) is 4.39 Å². The van der Waals surface area contributed by atoms with Crippen LogP contribution in [-0.4, -0.2) is 12.6 Å². The molecule has 112 valence electrons. The van der Waals surface area contributed by atoms with Gasteiger partial charge in [-0.2, -0.15) is 0 Å². The van der Waals surface area contributed by atoms with E-state index >= 15 is 0 Å². The van der Waals surface area contributed by atoms with Gasteiger partial charge in [-0.3, -0.25) is 0 Å². The SMILES string of the molecule is CCNC(c1cccc(OC(C)C)c1)c1ccccc1F. The fourth-order valence-electron chi connectivity index (χ4n) is 2.36. The average molecular weight is 287 g/mol. The highest BCUT2D eigenvalue weighted by Crippen LogP contribution is 2.27. The zero-order valence-electron chi connectivity index (χ0n) is 12.8. The molecule has 0 saturated carbocycles. The number of benzene rings is 2. The smallest absolute Gasteiger partial charge is 0.128 e. The minimum atomic E-state index is -0.196. The van der Waals surface area contributed by atoms with Crippen LogP contribution < -0.4 is 10.1 Å². The second-order valence-electron chi connectivity index (χ2n) is 5.25. The molecular formula is C18H22FNO. The third kappa shape index (κ3) is 4.05. The first-order valence-electron chi connectivity index (χ1n) is 7.36. The van der Waals surface area contributed by atoms with Crippen molar-refractivity contribution in [3.8, 4) is 5.75 Å². The first-order valence-corrected chi connectivity index (χ1v) is 7.36. The lowest BCUT2D eigenvalue weighted by Crippen LogP contribution is -2.23. The Bertz CT molecular complexity index is 583. The summed E-state index contributed by atoms with van der Waals surface area (Å²) in [6.07, 6.45) is 0.117. The summed E-state index contributed by atoms with van der Waals surface area (Å²) in [4.78, 5) is 0. The van der Waals surface area contributed by atoms with Gasteiger partial charge in [-0.15, -0.1) is 0 Å². The molecule has 2 nitrogen and oxygen atoms in total. The fourth-order valence-corrected chi connectivity index (χ4v) is 2.36. The second kappa shape index (κ2) is 7.23. The van der Waals surface area contributed by atoms with Crippen molar-refractivity contribution in [1.82, 2.24) is 5.32 Å². The van der Waals surface area contributed by atoms with E-state index in [1.165, 1.54) is 6.07 Å². The minimum absolute atomic E-state index is 0.117. The monoisotopic (exact) mass is 287 g/mol. The van der Waals surface area contributed by atoms with E-state index in [1.807, 2.05) is 57.2 Å². The van der Waals surface area contributed by atoms with E-state index in [0.717, 1.165) is 17.9 Å². The molecule has 0 radical (unpaired) electrons. The Morgan fingerprint density at radius 1 is 1.10 bits per heavy atom. The quantitative estimate of drug-likeness (QED) is 0.854. The maximum atomic E-state index is 14.1. The molecule has 0 heterocycles. The predicted molar refractivity (Wildman–Crippen MR) is 84.1 cm³/mol. The van der Waals surface area contributed by atoms with Gasteiger partial charge in [0.15, 0.2) is 0 Å². The lowest BCUT2D eigenvalue weighted by Gasteiger charge is -2.20. The predicted octanol–water partition coefficient (Wildman–Crippen LogP) is 4.31. The number of halogens is 1. The summed E-state index contributed by atoms with van der Waals surface area (Å²) >= 11 is 0. The van der Waals surface area contributed by atoms with E-state index in [-0.39, 0.29) is 18.0 Å². The summed E-state index contributed by atoms with van der Waals surface area (Å²) in [6.45, 7) is 6.76. The van der Waals surface area contributed by atoms with Crippen molar-refractivity contribution < 1.29 is 9.13 Å². The van der Waals surface area contributed by atoms with Gasteiger partial charge in [-0.25, -0.2) is 4.39 Å². The van der Waals surface area contributed by atoms with Crippen LogP contribution in [0.25, 0.3) is 0 Å². The fraction of sp³-hybridized carbons (Fsp3) is 0.333. The van der Waals surface area contributed by atoms with E-state index in [1.54, 1.807) is 6.07 Å². The first kappa shape index (κ1) is 15.5. The summed E-state index contributed by atoms with van der Waals surface area (Å²) in [5, 5.41) is 3.34. The molecule has 1 N–H and O–H groups in total. The van der Waals surface area contributed by atoms with Crippen molar-refractivity contribution in [3.63, 3.8) is 0 Å². The van der Waals surface area contributed by atoms with Crippen LogP contribution in [0.15, 0.2) is 48.5 Å². The number of hydrogen-bond donors (Lipinski definition) is 1. The summed E-state index contributed by atoms with van der Waals surface area (Å²) in [7, 11) is 0. The largest absolute Gasteiger partial charge is 0.491 e. The third-order valence-electron chi connectivity index (χ3n) is 3.19. The Kier molecular flexibility index (Phi) is 5.34. The van der Waals surface area contributed by atoms with Crippen LogP contribution in [0.1, 0.15) is 37.9 Å². The topological polar surface area (TPSA) is 21.3 Å². The lowest BCUT2D eigenvalue weighted by atomic mass is 9.98. The number of rotatable bonds is 6. The first-order chi connectivity index (χ1) is 10.1. The lowest BCUT2D eigenvalue weighted by molar-refractivity contribution is 0.242. The molecule has 2 aromatic rings. The van der Waals surface area contributed by atoms with Crippen LogP contribution >= 0.6 is 0 Å². The van der Waals surface area contributed by atoms with E-state index < -0.39 is 0 Å². The van der Waals surface area contributed by atoms with Crippen LogP contribution in [0.3, 0.4) is 0 Å². The summed E-state index contributed by atoms with van der Waals surface area (Å²) in [6, 6.07) is 14.5. The van der Waals surface area contributed by atoms with Crippen LogP contribution in [0.2, 0.25) is 0 Å². The van der Waals surface area contributed by atoms with E-state index in [4.69, 9.17) is 4.74 Å². The molecule has 3 heteroatoms. The Balaban J connectivity index is 2.36. The molecule has 21 heavy (non-hydrogen) atoms. The van der Waals surface area contributed by atoms with Crippen LogP contribution in [0, 0.1) is 5.82 Å². The molecule has 0 aromatic heterocycles.